The largest absolute Gasteiger partial charge is 0.488 e. The van der Waals surface area contributed by atoms with Gasteiger partial charge in [-0.15, -0.1) is 0 Å². The van der Waals surface area contributed by atoms with Crippen molar-refractivity contribution < 1.29 is 9.47 Å². The second-order valence-electron chi connectivity index (χ2n) is 5.14. The molecule has 3 unspecified atom stereocenters. The highest BCUT2D eigenvalue weighted by molar-refractivity contribution is 5.34. The molecule has 0 radical (unpaired) electrons. The summed E-state index contributed by atoms with van der Waals surface area (Å²) in [5, 5.41) is 0. The quantitative estimate of drug-likeness (QED) is 0.872. The molecule has 1 aliphatic carbocycles. The molecule has 2 rings (SSSR count). The van der Waals surface area contributed by atoms with E-state index in [1.807, 2.05) is 6.07 Å². The van der Waals surface area contributed by atoms with Gasteiger partial charge in [0, 0.05) is 19.1 Å². The van der Waals surface area contributed by atoms with Crippen molar-refractivity contribution in [3.05, 3.63) is 29.3 Å². The van der Waals surface area contributed by atoms with E-state index in [4.69, 9.17) is 15.2 Å². The molecule has 0 bridgehead atoms. The molecule has 0 saturated heterocycles. The van der Waals surface area contributed by atoms with Crippen molar-refractivity contribution in [3.63, 3.8) is 0 Å². The number of ether oxygens (including phenoxy) is 2. The summed E-state index contributed by atoms with van der Waals surface area (Å²) < 4.78 is 11.7. The SMILES string of the molecule is CCCOC1C(N)CC1Oc1ccc(C)c(C)c1. The van der Waals surface area contributed by atoms with Crippen LogP contribution in [0.15, 0.2) is 18.2 Å². The van der Waals surface area contributed by atoms with E-state index >= 15 is 0 Å². The highest BCUT2D eigenvalue weighted by Crippen LogP contribution is 2.28. The fourth-order valence-corrected chi connectivity index (χ4v) is 2.18. The molecule has 0 aliphatic heterocycles. The first-order valence-electron chi connectivity index (χ1n) is 6.73. The average molecular weight is 249 g/mol. The molecule has 0 spiro atoms. The molecule has 1 aromatic carbocycles. The Hall–Kier alpha value is -1.06. The third-order valence-corrected chi connectivity index (χ3v) is 3.57. The van der Waals surface area contributed by atoms with Crippen LogP contribution in [-0.2, 0) is 4.74 Å². The normalized spacial score (nSPS) is 26.8. The molecule has 1 aliphatic rings. The third-order valence-electron chi connectivity index (χ3n) is 3.57. The van der Waals surface area contributed by atoms with Gasteiger partial charge >= 0.3 is 0 Å². The van der Waals surface area contributed by atoms with Gasteiger partial charge in [0.1, 0.15) is 18.0 Å². The van der Waals surface area contributed by atoms with Crippen molar-refractivity contribution in [1.82, 2.24) is 0 Å². The summed E-state index contributed by atoms with van der Waals surface area (Å²) in [4.78, 5) is 0. The highest BCUT2D eigenvalue weighted by atomic mass is 16.5. The van der Waals surface area contributed by atoms with Crippen LogP contribution >= 0.6 is 0 Å². The Bertz CT molecular complexity index is 405. The van der Waals surface area contributed by atoms with Crippen molar-refractivity contribution in [2.75, 3.05) is 6.61 Å². The van der Waals surface area contributed by atoms with Gasteiger partial charge in [-0.05, 0) is 43.5 Å². The number of rotatable bonds is 5. The van der Waals surface area contributed by atoms with Gasteiger partial charge in [-0.1, -0.05) is 13.0 Å². The predicted molar refractivity (Wildman–Crippen MR) is 73.0 cm³/mol. The molecule has 2 N–H and O–H groups in total. The summed E-state index contributed by atoms with van der Waals surface area (Å²) in [5.41, 5.74) is 8.49. The number of hydrogen-bond donors (Lipinski definition) is 1. The number of nitrogens with two attached hydrogens (primary N) is 1. The summed E-state index contributed by atoms with van der Waals surface area (Å²) in [6, 6.07) is 6.30. The zero-order chi connectivity index (χ0) is 13.1. The van der Waals surface area contributed by atoms with Gasteiger partial charge in [-0.3, -0.25) is 0 Å². The molecule has 1 fully saturated rings. The maximum atomic E-state index is 5.96. The molecular weight excluding hydrogens is 226 g/mol. The van der Waals surface area contributed by atoms with Crippen LogP contribution in [0.1, 0.15) is 30.9 Å². The van der Waals surface area contributed by atoms with Crippen LogP contribution in [0.3, 0.4) is 0 Å². The summed E-state index contributed by atoms with van der Waals surface area (Å²) in [7, 11) is 0. The average Bonchev–Trinajstić information content (AvgIpc) is 2.33. The molecule has 1 aromatic rings. The van der Waals surface area contributed by atoms with Gasteiger partial charge in [0.15, 0.2) is 0 Å². The molecular formula is C15H23NO2. The zero-order valence-corrected chi connectivity index (χ0v) is 11.5. The minimum Gasteiger partial charge on any atom is -0.488 e. The van der Waals surface area contributed by atoms with E-state index in [2.05, 4.69) is 32.9 Å². The fourth-order valence-electron chi connectivity index (χ4n) is 2.18. The van der Waals surface area contributed by atoms with E-state index in [1.165, 1.54) is 11.1 Å². The van der Waals surface area contributed by atoms with E-state index < -0.39 is 0 Å². The Morgan fingerprint density at radius 2 is 2.06 bits per heavy atom. The van der Waals surface area contributed by atoms with Crippen LogP contribution in [0.25, 0.3) is 0 Å². The van der Waals surface area contributed by atoms with E-state index in [-0.39, 0.29) is 18.2 Å². The molecule has 3 heteroatoms. The van der Waals surface area contributed by atoms with Gasteiger partial charge in [-0.2, -0.15) is 0 Å². The Balaban J connectivity index is 1.94. The van der Waals surface area contributed by atoms with Crippen LogP contribution in [-0.4, -0.2) is 24.9 Å². The summed E-state index contributed by atoms with van der Waals surface area (Å²) in [6.45, 7) is 7.06. The van der Waals surface area contributed by atoms with Crippen molar-refractivity contribution in [2.45, 2.75) is 51.9 Å². The van der Waals surface area contributed by atoms with Crippen molar-refractivity contribution >= 4 is 0 Å². The van der Waals surface area contributed by atoms with Crippen LogP contribution in [0, 0.1) is 13.8 Å². The van der Waals surface area contributed by atoms with Gasteiger partial charge < -0.3 is 15.2 Å². The molecule has 0 amide bonds. The topological polar surface area (TPSA) is 44.5 Å². The molecule has 3 atom stereocenters. The Labute approximate surface area is 109 Å². The first-order valence-corrected chi connectivity index (χ1v) is 6.73. The van der Waals surface area contributed by atoms with Crippen molar-refractivity contribution in [1.29, 1.82) is 0 Å². The van der Waals surface area contributed by atoms with Gasteiger partial charge in [0.25, 0.3) is 0 Å². The predicted octanol–water partition coefficient (Wildman–Crippen LogP) is 2.58. The smallest absolute Gasteiger partial charge is 0.128 e. The first kappa shape index (κ1) is 13.4. The van der Waals surface area contributed by atoms with Crippen LogP contribution in [0.2, 0.25) is 0 Å². The minimum atomic E-state index is 0.0477. The van der Waals surface area contributed by atoms with Gasteiger partial charge in [0.05, 0.1) is 0 Å². The van der Waals surface area contributed by atoms with E-state index in [0.717, 1.165) is 25.2 Å². The molecule has 18 heavy (non-hydrogen) atoms. The maximum Gasteiger partial charge on any atom is 0.128 e. The molecule has 3 nitrogen and oxygen atoms in total. The van der Waals surface area contributed by atoms with Crippen LogP contribution in [0.4, 0.5) is 0 Å². The lowest BCUT2D eigenvalue weighted by atomic mass is 9.86. The zero-order valence-electron chi connectivity index (χ0n) is 11.5. The standard InChI is InChI=1S/C15H23NO2/c1-4-7-17-15-13(16)9-14(15)18-12-6-5-10(2)11(3)8-12/h5-6,8,13-15H,4,7,9,16H2,1-3H3. The van der Waals surface area contributed by atoms with Crippen molar-refractivity contribution in [2.24, 2.45) is 5.73 Å². The Morgan fingerprint density at radius 1 is 1.28 bits per heavy atom. The monoisotopic (exact) mass is 249 g/mol. The molecule has 100 valence electrons. The Kier molecular flexibility index (Phi) is 4.25. The second kappa shape index (κ2) is 5.72. The number of aryl methyl sites for hydroxylation is 2. The van der Waals surface area contributed by atoms with E-state index in [1.54, 1.807) is 0 Å². The fraction of sp³-hybridized carbons (Fsp3) is 0.600. The highest BCUT2D eigenvalue weighted by Gasteiger charge is 2.41. The van der Waals surface area contributed by atoms with Crippen LogP contribution in [0.5, 0.6) is 5.75 Å². The Morgan fingerprint density at radius 3 is 2.67 bits per heavy atom. The summed E-state index contributed by atoms with van der Waals surface area (Å²) >= 11 is 0. The number of hydrogen-bond acceptors (Lipinski definition) is 3. The summed E-state index contributed by atoms with van der Waals surface area (Å²) in [5.74, 6) is 0.917. The van der Waals surface area contributed by atoms with Gasteiger partial charge in [0.2, 0.25) is 0 Å². The molecule has 1 saturated carbocycles. The second-order valence-corrected chi connectivity index (χ2v) is 5.14. The van der Waals surface area contributed by atoms with E-state index in [0.29, 0.717) is 0 Å². The molecule has 0 aromatic heterocycles. The van der Waals surface area contributed by atoms with Crippen molar-refractivity contribution in [3.8, 4) is 5.75 Å². The lowest BCUT2D eigenvalue weighted by molar-refractivity contribution is -0.0980. The van der Waals surface area contributed by atoms with Crippen LogP contribution < -0.4 is 10.5 Å². The van der Waals surface area contributed by atoms with Gasteiger partial charge in [-0.25, -0.2) is 0 Å². The first-order chi connectivity index (χ1) is 8.61. The lowest BCUT2D eigenvalue weighted by Gasteiger charge is -2.41. The summed E-state index contributed by atoms with van der Waals surface area (Å²) in [6.07, 6.45) is 2.04. The maximum absolute atomic E-state index is 5.96. The third kappa shape index (κ3) is 2.85. The minimum absolute atomic E-state index is 0.0477. The molecule has 0 heterocycles. The van der Waals surface area contributed by atoms with E-state index in [9.17, 15) is 0 Å². The lowest BCUT2D eigenvalue weighted by Crippen LogP contribution is -2.59. The number of benzene rings is 1.